The van der Waals surface area contributed by atoms with Crippen LogP contribution in [0.15, 0.2) is 35.1 Å². The van der Waals surface area contributed by atoms with Crippen molar-refractivity contribution in [2.24, 2.45) is 0 Å². The molecule has 2 aromatic rings. The molecule has 0 aliphatic heterocycles. The highest BCUT2D eigenvalue weighted by atomic mass is 79.9. The lowest BCUT2D eigenvalue weighted by molar-refractivity contribution is 0.587. The highest BCUT2D eigenvalue weighted by molar-refractivity contribution is 9.10. The number of rotatable bonds is 0. The van der Waals surface area contributed by atoms with Gasteiger partial charge in [0.15, 0.2) is 0 Å². The van der Waals surface area contributed by atoms with Gasteiger partial charge in [-0.3, -0.25) is 0 Å². The Balaban J connectivity index is 2.75. The number of halogens is 1. The summed E-state index contributed by atoms with van der Waals surface area (Å²) in [7, 11) is 0. The van der Waals surface area contributed by atoms with Crippen LogP contribution in [0.1, 0.15) is 26.3 Å². The summed E-state index contributed by atoms with van der Waals surface area (Å²) in [5.41, 5.74) is 2.78. The van der Waals surface area contributed by atoms with E-state index in [1.807, 2.05) is 6.07 Å². The molecule has 2 rings (SSSR count). The first kappa shape index (κ1) is 9.78. The standard InChI is InChI=1S/C12H14BrN/c1-12(2,3)10-8-9-6-4-5-7-14(9)11(10)13/h4-8H,1-3H3. The molecule has 0 aliphatic rings. The molecule has 14 heavy (non-hydrogen) atoms. The van der Waals surface area contributed by atoms with Gasteiger partial charge in [-0.1, -0.05) is 26.8 Å². The second kappa shape index (κ2) is 3.13. The SMILES string of the molecule is CC(C)(C)c1cc2ccccn2c1Br. The van der Waals surface area contributed by atoms with Gasteiger partial charge in [-0.2, -0.15) is 0 Å². The van der Waals surface area contributed by atoms with E-state index in [1.54, 1.807) is 0 Å². The normalized spacial score (nSPS) is 12.3. The van der Waals surface area contributed by atoms with Crippen LogP contribution in [-0.4, -0.2) is 4.40 Å². The molecule has 0 unspecified atom stereocenters. The van der Waals surface area contributed by atoms with Gasteiger partial charge in [0.2, 0.25) is 0 Å². The van der Waals surface area contributed by atoms with Crippen LogP contribution < -0.4 is 0 Å². The van der Waals surface area contributed by atoms with E-state index >= 15 is 0 Å². The molecule has 0 saturated carbocycles. The van der Waals surface area contributed by atoms with E-state index in [0.717, 1.165) is 0 Å². The van der Waals surface area contributed by atoms with Crippen LogP contribution in [0.3, 0.4) is 0 Å². The Labute approximate surface area is 92.9 Å². The summed E-state index contributed by atoms with van der Waals surface area (Å²) in [5.74, 6) is 0. The monoisotopic (exact) mass is 251 g/mol. The van der Waals surface area contributed by atoms with Crippen LogP contribution >= 0.6 is 15.9 Å². The van der Waals surface area contributed by atoms with Crippen molar-refractivity contribution in [3.8, 4) is 0 Å². The minimum Gasteiger partial charge on any atom is -0.311 e. The van der Waals surface area contributed by atoms with Gasteiger partial charge in [-0.25, -0.2) is 0 Å². The maximum Gasteiger partial charge on any atom is 0.0930 e. The average Bonchev–Trinajstić information content (AvgIpc) is 2.44. The molecule has 0 aromatic carbocycles. The molecule has 0 spiro atoms. The third-order valence-corrected chi connectivity index (χ3v) is 3.23. The number of nitrogens with zero attached hydrogens (tertiary/aromatic N) is 1. The van der Waals surface area contributed by atoms with Crippen molar-refractivity contribution in [3.05, 3.63) is 40.6 Å². The Hall–Kier alpha value is -0.760. The van der Waals surface area contributed by atoms with E-state index < -0.39 is 0 Å². The summed E-state index contributed by atoms with van der Waals surface area (Å²) in [6, 6.07) is 8.47. The lowest BCUT2D eigenvalue weighted by Gasteiger charge is -2.17. The molecule has 2 heterocycles. The second-order valence-corrected chi connectivity index (χ2v) is 5.35. The largest absolute Gasteiger partial charge is 0.311 e. The highest BCUT2D eigenvalue weighted by Gasteiger charge is 2.19. The molecule has 0 atom stereocenters. The van der Waals surface area contributed by atoms with E-state index in [-0.39, 0.29) is 5.41 Å². The van der Waals surface area contributed by atoms with Crippen molar-refractivity contribution in [2.75, 3.05) is 0 Å². The first-order chi connectivity index (χ1) is 6.50. The molecule has 0 N–H and O–H groups in total. The van der Waals surface area contributed by atoms with Crippen LogP contribution in [0, 0.1) is 0 Å². The Morgan fingerprint density at radius 1 is 1.21 bits per heavy atom. The molecule has 1 nitrogen and oxygen atoms in total. The molecule has 74 valence electrons. The fraction of sp³-hybridized carbons (Fsp3) is 0.333. The molecule has 2 aromatic heterocycles. The lowest BCUT2D eigenvalue weighted by atomic mass is 9.89. The van der Waals surface area contributed by atoms with Crippen LogP contribution in [-0.2, 0) is 5.41 Å². The maximum absolute atomic E-state index is 3.65. The number of aromatic nitrogens is 1. The van der Waals surface area contributed by atoms with Crippen LogP contribution in [0.4, 0.5) is 0 Å². The van der Waals surface area contributed by atoms with Crippen molar-refractivity contribution in [1.29, 1.82) is 0 Å². The van der Waals surface area contributed by atoms with Crippen molar-refractivity contribution in [2.45, 2.75) is 26.2 Å². The first-order valence-corrected chi connectivity index (χ1v) is 5.55. The maximum atomic E-state index is 3.65. The van der Waals surface area contributed by atoms with Gasteiger partial charge in [-0.05, 0) is 45.1 Å². The molecule has 0 saturated heterocycles. The zero-order valence-electron chi connectivity index (χ0n) is 8.71. The van der Waals surface area contributed by atoms with Gasteiger partial charge >= 0.3 is 0 Å². The van der Waals surface area contributed by atoms with Gasteiger partial charge in [0.25, 0.3) is 0 Å². The van der Waals surface area contributed by atoms with Gasteiger partial charge in [0, 0.05) is 11.7 Å². The number of pyridine rings is 1. The minimum atomic E-state index is 0.185. The van der Waals surface area contributed by atoms with E-state index in [1.165, 1.54) is 15.7 Å². The van der Waals surface area contributed by atoms with E-state index in [0.29, 0.717) is 0 Å². The Morgan fingerprint density at radius 2 is 1.93 bits per heavy atom. The first-order valence-electron chi connectivity index (χ1n) is 4.76. The van der Waals surface area contributed by atoms with Gasteiger partial charge in [-0.15, -0.1) is 0 Å². The minimum absolute atomic E-state index is 0.185. The second-order valence-electron chi connectivity index (χ2n) is 4.59. The Bertz CT molecular complexity index is 463. The number of hydrogen-bond acceptors (Lipinski definition) is 0. The third kappa shape index (κ3) is 1.48. The van der Waals surface area contributed by atoms with Crippen LogP contribution in [0.25, 0.3) is 5.52 Å². The smallest absolute Gasteiger partial charge is 0.0930 e. The summed E-state index contributed by atoms with van der Waals surface area (Å²) in [6.07, 6.45) is 2.08. The quantitative estimate of drug-likeness (QED) is 0.667. The Morgan fingerprint density at radius 3 is 2.50 bits per heavy atom. The molecule has 0 fully saturated rings. The van der Waals surface area contributed by atoms with Gasteiger partial charge < -0.3 is 4.40 Å². The topological polar surface area (TPSA) is 4.41 Å². The molecule has 0 radical (unpaired) electrons. The predicted octanol–water partition coefficient (Wildman–Crippen LogP) is 4.00. The van der Waals surface area contributed by atoms with Crippen molar-refractivity contribution >= 4 is 21.4 Å². The van der Waals surface area contributed by atoms with Gasteiger partial charge in [0.05, 0.1) is 4.60 Å². The summed E-state index contributed by atoms with van der Waals surface area (Å²) in [6.45, 7) is 6.69. The van der Waals surface area contributed by atoms with E-state index in [4.69, 9.17) is 0 Å². The van der Waals surface area contributed by atoms with Crippen LogP contribution in [0.2, 0.25) is 0 Å². The van der Waals surface area contributed by atoms with Crippen molar-refractivity contribution in [1.82, 2.24) is 4.40 Å². The summed E-state index contributed by atoms with van der Waals surface area (Å²) in [4.78, 5) is 0. The molecular formula is C12H14BrN. The lowest BCUT2D eigenvalue weighted by Crippen LogP contribution is -2.10. The van der Waals surface area contributed by atoms with Crippen molar-refractivity contribution < 1.29 is 0 Å². The molecular weight excluding hydrogens is 238 g/mol. The van der Waals surface area contributed by atoms with E-state index in [2.05, 4.69) is 65.5 Å². The third-order valence-electron chi connectivity index (χ3n) is 2.43. The van der Waals surface area contributed by atoms with Crippen LogP contribution in [0.5, 0.6) is 0 Å². The average molecular weight is 252 g/mol. The summed E-state index contributed by atoms with van der Waals surface area (Å²) >= 11 is 3.65. The summed E-state index contributed by atoms with van der Waals surface area (Å²) in [5, 5.41) is 0. The van der Waals surface area contributed by atoms with Crippen molar-refractivity contribution in [3.63, 3.8) is 0 Å². The number of fused-ring (bicyclic) bond motifs is 1. The summed E-state index contributed by atoms with van der Waals surface area (Å²) < 4.78 is 3.33. The fourth-order valence-electron chi connectivity index (χ4n) is 1.62. The highest BCUT2D eigenvalue weighted by Crippen LogP contribution is 2.32. The fourth-order valence-corrected chi connectivity index (χ4v) is 2.65. The molecule has 0 bridgehead atoms. The Kier molecular flexibility index (Phi) is 2.18. The van der Waals surface area contributed by atoms with Gasteiger partial charge in [0.1, 0.15) is 0 Å². The predicted molar refractivity (Wildman–Crippen MR) is 63.8 cm³/mol. The zero-order valence-corrected chi connectivity index (χ0v) is 10.3. The number of hydrogen-bond donors (Lipinski definition) is 0. The zero-order chi connectivity index (χ0) is 10.3. The van der Waals surface area contributed by atoms with E-state index in [9.17, 15) is 0 Å². The molecule has 2 heteroatoms. The molecule has 0 aliphatic carbocycles. The molecule has 0 amide bonds.